The molecule has 0 radical (unpaired) electrons. The van der Waals surface area contributed by atoms with Gasteiger partial charge in [-0.1, -0.05) is 12.1 Å². The van der Waals surface area contributed by atoms with E-state index >= 15 is 0 Å². The molecule has 0 fully saturated rings. The number of ether oxygens (including phenoxy) is 2. The molecule has 32 heavy (non-hydrogen) atoms. The van der Waals surface area contributed by atoms with Crippen LogP contribution in [0.5, 0.6) is 5.75 Å². The van der Waals surface area contributed by atoms with Gasteiger partial charge in [0.1, 0.15) is 12.4 Å². The van der Waals surface area contributed by atoms with Gasteiger partial charge in [0.15, 0.2) is 11.7 Å². The van der Waals surface area contributed by atoms with E-state index < -0.39 is 11.9 Å². The van der Waals surface area contributed by atoms with Crippen molar-refractivity contribution in [3.63, 3.8) is 0 Å². The molecule has 1 aromatic heterocycles. The van der Waals surface area contributed by atoms with Gasteiger partial charge >= 0.3 is 6.18 Å². The molecule has 0 bridgehead atoms. The second-order valence-corrected chi connectivity index (χ2v) is 6.88. The predicted molar refractivity (Wildman–Crippen MR) is 128 cm³/mol. The van der Waals surface area contributed by atoms with Crippen molar-refractivity contribution in [2.75, 3.05) is 26.4 Å². The zero-order valence-electron chi connectivity index (χ0n) is 18.8. The fourth-order valence-electron chi connectivity index (χ4n) is 2.87. The van der Waals surface area contributed by atoms with Gasteiger partial charge < -0.3 is 20.1 Å². The molecule has 7 nitrogen and oxygen atoms in total. The highest BCUT2D eigenvalue weighted by molar-refractivity contribution is 14.0. The van der Waals surface area contributed by atoms with Crippen LogP contribution in [0, 0.1) is 6.92 Å². The van der Waals surface area contributed by atoms with Crippen molar-refractivity contribution in [3.8, 4) is 5.75 Å². The monoisotopic (exact) mass is 569 g/mol. The van der Waals surface area contributed by atoms with Crippen LogP contribution in [-0.2, 0) is 31.1 Å². The molecule has 180 valence electrons. The van der Waals surface area contributed by atoms with Crippen molar-refractivity contribution >= 4 is 29.9 Å². The first-order valence-corrected chi connectivity index (χ1v) is 10.2. The number of alkyl halides is 3. The van der Waals surface area contributed by atoms with Crippen LogP contribution in [0.2, 0.25) is 0 Å². The van der Waals surface area contributed by atoms with Crippen LogP contribution in [0.3, 0.4) is 0 Å². The highest BCUT2D eigenvalue weighted by atomic mass is 127. The lowest BCUT2D eigenvalue weighted by atomic mass is 10.1. The molecule has 0 aliphatic carbocycles. The fraction of sp³-hybridized carbons (Fsp3) is 0.524. The van der Waals surface area contributed by atoms with Crippen molar-refractivity contribution in [2.24, 2.45) is 12.0 Å². The van der Waals surface area contributed by atoms with E-state index in [1.54, 1.807) is 0 Å². The van der Waals surface area contributed by atoms with E-state index in [0.717, 1.165) is 21.6 Å². The van der Waals surface area contributed by atoms with Crippen molar-refractivity contribution in [3.05, 3.63) is 46.8 Å². The minimum atomic E-state index is -4.52. The molecule has 0 aliphatic heterocycles. The molecule has 0 spiro atoms. The molecule has 0 amide bonds. The van der Waals surface area contributed by atoms with Crippen molar-refractivity contribution in [2.45, 2.75) is 40.0 Å². The molecule has 11 heteroatoms. The number of nitrogens with one attached hydrogen (secondary N) is 2. The van der Waals surface area contributed by atoms with E-state index in [2.05, 4.69) is 20.7 Å². The third kappa shape index (κ3) is 8.85. The summed E-state index contributed by atoms with van der Waals surface area (Å²) in [5, 5.41) is 9.72. The van der Waals surface area contributed by atoms with Gasteiger partial charge in [-0.2, -0.15) is 18.3 Å². The van der Waals surface area contributed by atoms with Gasteiger partial charge in [0.05, 0.1) is 13.2 Å². The summed E-state index contributed by atoms with van der Waals surface area (Å²) in [6.45, 7) is 8.15. The first kappa shape index (κ1) is 28.0. The maximum absolute atomic E-state index is 13.2. The van der Waals surface area contributed by atoms with Gasteiger partial charge in [-0.15, -0.1) is 24.0 Å². The molecule has 2 rings (SSSR count). The molecule has 0 atom stereocenters. The first-order chi connectivity index (χ1) is 14.7. The Hall–Kier alpha value is -2.02. The lowest BCUT2D eigenvalue weighted by Gasteiger charge is -2.15. The highest BCUT2D eigenvalue weighted by Gasteiger charge is 2.36. The average molecular weight is 569 g/mol. The Bertz CT molecular complexity index is 872. The van der Waals surface area contributed by atoms with Gasteiger partial charge in [-0.05, 0) is 32.4 Å². The van der Waals surface area contributed by atoms with E-state index in [-0.39, 0.29) is 36.1 Å². The summed E-state index contributed by atoms with van der Waals surface area (Å²) in [4.78, 5) is 4.30. The van der Waals surface area contributed by atoms with Crippen LogP contribution < -0.4 is 15.4 Å². The van der Waals surface area contributed by atoms with Crippen molar-refractivity contribution in [1.29, 1.82) is 0 Å². The van der Waals surface area contributed by atoms with Gasteiger partial charge in [-0.3, -0.25) is 4.68 Å². The lowest BCUT2D eigenvalue weighted by Crippen LogP contribution is -2.37. The zero-order chi connectivity index (χ0) is 22.9. The standard InChI is InChI=1S/C21H30F3N5O2.HI/c1-5-25-20(27-13-17-14-29(4)28-19(17)21(22,23)24)26-12-16-8-7-15(3)11-18(16)31-10-9-30-6-2;/h7-8,11,14H,5-6,9-10,12-13H2,1-4H3,(H2,25,26,27);1H. The largest absolute Gasteiger partial charge is 0.491 e. The third-order valence-corrected chi connectivity index (χ3v) is 4.28. The maximum atomic E-state index is 13.2. The number of benzene rings is 1. The number of aliphatic imine (C=N–C) groups is 1. The van der Waals surface area contributed by atoms with Crippen LogP contribution in [0.4, 0.5) is 13.2 Å². The minimum Gasteiger partial charge on any atom is -0.491 e. The molecule has 0 aliphatic rings. The zero-order valence-corrected chi connectivity index (χ0v) is 21.1. The molecule has 0 unspecified atom stereocenters. The summed E-state index contributed by atoms with van der Waals surface area (Å²) in [6.07, 6.45) is -3.19. The molecule has 1 aromatic carbocycles. The number of aromatic nitrogens is 2. The predicted octanol–water partition coefficient (Wildman–Crippen LogP) is 4.04. The Kier molecular flexibility index (Phi) is 11.8. The quantitative estimate of drug-likeness (QED) is 0.196. The summed E-state index contributed by atoms with van der Waals surface area (Å²) in [7, 11) is 1.45. The van der Waals surface area contributed by atoms with Crippen LogP contribution in [0.25, 0.3) is 0 Å². The second-order valence-electron chi connectivity index (χ2n) is 6.88. The Morgan fingerprint density at radius 3 is 2.56 bits per heavy atom. The molecular formula is C21H31F3IN5O2. The number of rotatable bonds is 10. The Balaban J connectivity index is 0.00000512. The molecule has 0 saturated carbocycles. The van der Waals surface area contributed by atoms with Gasteiger partial charge in [0, 0.05) is 44.1 Å². The Morgan fingerprint density at radius 1 is 1.16 bits per heavy atom. The second kappa shape index (κ2) is 13.5. The summed E-state index contributed by atoms with van der Waals surface area (Å²) in [5.41, 5.74) is 1.07. The van der Waals surface area contributed by atoms with Crippen LogP contribution >= 0.6 is 24.0 Å². The smallest absolute Gasteiger partial charge is 0.435 e. The van der Waals surface area contributed by atoms with E-state index in [1.165, 1.54) is 13.2 Å². The molecule has 1 heterocycles. The maximum Gasteiger partial charge on any atom is 0.435 e. The van der Waals surface area contributed by atoms with Gasteiger partial charge in [-0.25, -0.2) is 4.99 Å². The van der Waals surface area contributed by atoms with Gasteiger partial charge in [0.25, 0.3) is 0 Å². The van der Waals surface area contributed by atoms with E-state index in [9.17, 15) is 13.2 Å². The number of nitrogens with zero attached hydrogens (tertiary/aromatic N) is 3. The van der Waals surface area contributed by atoms with Crippen molar-refractivity contribution < 1.29 is 22.6 Å². The minimum absolute atomic E-state index is 0. The third-order valence-electron chi connectivity index (χ3n) is 4.28. The topological polar surface area (TPSA) is 72.7 Å². The molecule has 2 aromatic rings. The summed E-state index contributed by atoms with van der Waals surface area (Å²) >= 11 is 0. The van der Waals surface area contributed by atoms with Crippen LogP contribution in [-0.4, -0.2) is 42.1 Å². The summed E-state index contributed by atoms with van der Waals surface area (Å²) in [5.74, 6) is 1.13. The normalized spacial score (nSPS) is 11.8. The highest BCUT2D eigenvalue weighted by Crippen LogP contribution is 2.30. The molecule has 0 saturated heterocycles. The fourth-order valence-corrected chi connectivity index (χ4v) is 2.87. The number of guanidine groups is 1. The van der Waals surface area contributed by atoms with E-state index in [1.807, 2.05) is 39.0 Å². The molecular weight excluding hydrogens is 538 g/mol. The summed E-state index contributed by atoms with van der Waals surface area (Å²) in [6, 6.07) is 5.87. The number of hydrogen-bond acceptors (Lipinski definition) is 4. The number of hydrogen-bond donors (Lipinski definition) is 2. The Labute approximate surface area is 203 Å². The lowest BCUT2D eigenvalue weighted by molar-refractivity contribution is -0.142. The summed E-state index contributed by atoms with van der Waals surface area (Å²) < 4.78 is 51.7. The SMILES string of the molecule is CCNC(=NCc1cn(C)nc1C(F)(F)F)NCc1ccc(C)cc1OCCOCC.I. The van der Waals surface area contributed by atoms with Crippen LogP contribution in [0.1, 0.15) is 36.2 Å². The van der Waals surface area contributed by atoms with Crippen LogP contribution in [0.15, 0.2) is 29.4 Å². The first-order valence-electron chi connectivity index (χ1n) is 10.2. The van der Waals surface area contributed by atoms with Crippen molar-refractivity contribution in [1.82, 2.24) is 20.4 Å². The Morgan fingerprint density at radius 2 is 1.91 bits per heavy atom. The van der Waals surface area contributed by atoms with E-state index in [4.69, 9.17) is 9.47 Å². The molecule has 2 N–H and O–H groups in total. The number of halogens is 4. The average Bonchev–Trinajstić information content (AvgIpc) is 3.09. The van der Waals surface area contributed by atoms with E-state index in [0.29, 0.717) is 38.9 Å². The van der Waals surface area contributed by atoms with Gasteiger partial charge in [0.2, 0.25) is 0 Å². The number of aryl methyl sites for hydroxylation is 2.